The minimum Gasteiger partial charge on any atom is -0.480 e. The fraction of sp³-hybridized carbons (Fsp3) is 0.941. The van der Waals surface area contributed by atoms with Crippen molar-refractivity contribution in [2.24, 2.45) is 11.8 Å². The van der Waals surface area contributed by atoms with Gasteiger partial charge in [-0.1, -0.05) is 32.6 Å². The summed E-state index contributed by atoms with van der Waals surface area (Å²) < 4.78 is 0. The Balaban J connectivity index is 1.79. The first-order valence-corrected chi connectivity index (χ1v) is 8.85. The molecule has 1 aliphatic heterocycles. The molecule has 4 nitrogen and oxygen atoms in total. The number of hydrogen-bond donors (Lipinski definition) is 2. The molecule has 0 radical (unpaired) electrons. The Morgan fingerprint density at radius 1 is 1.19 bits per heavy atom. The van der Waals surface area contributed by atoms with Gasteiger partial charge >= 0.3 is 5.97 Å². The van der Waals surface area contributed by atoms with E-state index < -0.39 is 5.97 Å². The third-order valence-electron chi connectivity index (χ3n) is 5.09. The van der Waals surface area contributed by atoms with E-state index >= 15 is 0 Å². The van der Waals surface area contributed by atoms with Gasteiger partial charge in [0.05, 0.1) is 6.54 Å². The number of nitrogens with zero attached hydrogens (tertiary/aromatic N) is 1. The van der Waals surface area contributed by atoms with E-state index in [1.807, 2.05) is 0 Å². The van der Waals surface area contributed by atoms with Gasteiger partial charge in [0.1, 0.15) is 0 Å². The minimum absolute atomic E-state index is 0.196. The summed E-state index contributed by atoms with van der Waals surface area (Å²) in [4.78, 5) is 13.1. The Labute approximate surface area is 129 Å². The third kappa shape index (κ3) is 5.95. The maximum atomic E-state index is 11.0. The summed E-state index contributed by atoms with van der Waals surface area (Å²) in [5.74, 6) is 0.809. The highest BCUT2D eigenvalue weighted by Crippen LogP contribution is 2.25. The van der Waals surface area contributed by atoms with Crippen LogP contribution in [-0.2, 0) is 4.79 Å². The zero-order chi connectivity index (χ0) is 15.1. The fourth-order valence-electron chi connectivity index (χ4n) is 4.11. The number of nitrogens with one attached hydrogen (secondary N) is 1. The molecule has 4 heteroatoms. The average Bonchev–Trinajstić information content (AvgIpc) is 2.46. The van der Waals surface area contributed by atoms with Crippen LogP contribution in [0.2, 0.25) is 0 Å². The third-order valence-corrected chi connectivity index (χ3v) is 5.09. The van der Waals surface area contributed by atoms with Crippen molar-refractivity contribution in [2.45, 2.75) is 64.3 Å². The van der Waals surface area contributed by atoms with Crippen molar-refractivity contribution in [2.75, 3.05) is 26.2 Å². The molecule has 0 aromatic carbocycles. The molecule has 0 aromatic rings. The van der Waals surface area contributed by atoms with Gasteiger partial charge in [-0.3, -0.25) is 9.69 Å². The zero-order valence-electron chi connectivity index (χ0n) is 13.5. The van der Waals surface area contributed by atoms with Crippen molar-refractivity contribution < 1.29 is 9.90 Å². The van der Waals surface area contributed by atoms with Crippen LogP contribution < -0.4 is 5.32 Å². The quantitative estimate of drug-likeness (QED) is 0.758. The first kappa shape index (κ1) is 16.8. The van der Waals surface area contributed by atoms with E-state index in [0.29, 0.717) is 12.0 Å². The van der Waals surface area contributed by atoms with E-state index in [-0.39, 0.29) is 6.54 Å². The number of carboxylic acid groups (broad SMARTS) is 1. The molecule has 0 spiro atoms. The summed E-state index contributed by atoms with van der Waals surface area (Å²) in [6.45, 7) is 5.41. The van der Waals surface area contributed by atoms with Gasteiger partial charge in [0.15, 0.2) is 0 Å². The summed E-state index contributed by atoms with van der Waals surface area (Å²) >= 11 is 0. The average molecular weight is 296 g/mol. The van der Waals surface area contributed by atoms with Crippen molar-refractivity contribution in [1.82, 2.24) is 10.2 Å². The number of piperidine rings is 1. The lowest BCUT2D eigenvalue weighted by Crippen LogP contribution is -2.51. The molecule has 0 aromatic heterocycles. The largest absolute Gasteiger partial charge is 0.480 e. The van der Waals surface area contributed by atoms with Crippen molar-refractivity contribution in [3.8, 4) is 0 Å². The second kappa shape index (κ2) is 8.74. The van der Waals surface area contributed by atoms with Gasteiger partial charge in [-0.05, 0) is 44.1 Å². The number of carboxylic acids is 1. The van der Waals surface area contributed by atoms with E-state index in [1.54, 1.807) is 0 Å². The van der Waals surface area contributed by atoms with Crippen molar-refractivity contribution in [3.05, 3.63) is 0 Å². The van der Waals surface area contributed by atoms with Gasteiger partial charge < -0.3 is 10.4 Å². The van der Waals surface area contributed by atoms with Crippen LogP contribution in [0.1, 0.15) is 58.3 Å². The molecule has 1 saturated heterocycles. The molecule has 1 aliphatic carbocycles. The molecule has 122 valence electrons. The topological polar surface area (TPSA) is 52.6 Å². The first-order chi connectivity index (χ1) is 10.2. The van der Waals surface area contributed by atoms with Crippen LogP contribution in [0.25, 0.3) is 0 Å². The van der Waals surface area contributed by atoms with Crippen LogP contribution in [0.4, 0.5) is 0 Å². The van der Waals surface area contributed by atoms with Crippen LogP contribution in [-0.4, -0.2) is 48.2 Å². The number of aliphatic carboxylic acids is 1. The lowest BCUT2D eigenvalue weighted by molar-refractivity contribution is -0.138. The molecular weight excluding hydrogens is 264 g/mol. The molecule has 1 saturated carbocycles. The van der Waals surface area contributed by atoms with E-state index in [0.717, 1.165) is 25.6 Å². The van der Waals surface area contributed by atoms with Crippen molar-refractivity contribution in [1.29, 1.82) is 0 Å². The van der Waals surface area contributed by atoms with Crippen molar-refractivity contribution in [3.63, 3.8) is 0 Å². The van der Waals surface area contributed by atoms with E-state index in [1.165, 1.54) is 51.4 Å². The Morgan fingerprint density at radius 3 is 2.62 bits per heavy atom. The molecule has 0 bridgehead atoms. The predicted molar refractivity (Wildman–Crippen MR) is 85.5 cm³/mol. The van der Waals surface area contributed by atoms with Crippen LogP contribution in [0.3, 0.4) is 0 Å². The van der Waals surface area contributed by atoms with Crippen LogP contribution in [0.5, 0.6) is 0 Å². The molecule has 2 unspecified atom stereocenters. The number of rotatable bonds is 7. The highest BCUT2D eigenvalue weighted by atomic mass is 16.4. The normalized spacial score (nSPS) is 28.6. The molecular formula is C17H32N2O2. The van der Waals surface area contributed by atoms with Crippen molar-refractivity contribution >= 4 is 5.97 Å². The standard InChI is InChI=1S/C17H32N2O2/c1-2-6-15-9-16(12-19(11-15)13-17(20)21)18-10-14-7-4-3-5-8-14/h14-16,18H,2-13H2,1H3,(H,20,21). The van der Waals surface area contributed by atoms with Gasteiger partial charge in [0, 0.05) is 19.1 Å². The summed E-state index contributed by atoms with van der Waals surface area (Å²) in [6.07, 6.45) is 10.6. The molecule has 2 fully saturated rings. The maximum Gasteiger partial charge on any atom is 0.317 e. The Morgan fingerprint density at radius 2 is 1.95 bits per heavy atom. The number of carbonyl (C=O) groups is 1. The Hall–Kier alpha value is -0.610. The summed E-state index contributed by atoms with van der Waals surface area (Å²) in [5.41, 5.74) is 0. The van der Waals surface area contributed by atoms with E-state index in [9.17, 15) is 4.79 Å². The van der Waals surface area contributed by atoms with Gasteiger partial charge in [-0.2, -0.15) is 0 Å². The highest BCUT2D eigenvalue weighted by Gasteiger charge is 2.28. The lowest BCUT2D eigenvalue weighted by atomic mass is 9.87. The molecule has 2 rings (SSSR count). The number of hydrogen-bond acceptors (Lipinski definition) is 3. The first-order valence-electron chi connectivity index (χ1n) is 8.85. The molecule has 2 aliphatic rings. The molecule has 1 heterocycles. The monoisotopic (exact) mass is 296 g/mol. The number of likely N-dealkylation sites (tertiary alicyclic amines) is 1. The molecule has 0 amide bonds. The predicted octanol–water partition coefficient (Wildman–Crippen LogP) is 2.73. The molecule has 2 atom stereocenters. The molecule has 2 N–H and O–H groups in total. The summed E-state index contributed by atoms with van der Waals surface area (Å²) in [5, 5.41) is 12.8. The Kier molecular flexibility index (Phi) is 6.97. The summed E-state index contributed by atoms with van der Waals surface area (Å²) in [7, 11) is 0. The SMILES string of the molecule is CCCC1CC(NCC2CCCCC2)CN(CC(=O)O)C1. The van der Waals surface area contributed by atoms with Gasteiger partial charge in [0.25, 0.3) is 0 Å². The molecule has 21 heavy (non-hydrogen) atoms. The van der Waals surface area contributed by atoms with Crippen LogP contribution in [0.15, 0.2) is 0 Å². The lowest BCUT2D eigenvalue weighted by Gasteiger charge is -2.38. The zero-order valence-corrected chi connectivity index (χ0v) is 13.5. The van der Waals surface area contributed by atoms with E-state index in [4.69, 9.17) is 5.11 Å². The van der Waals surface area contributed by atoms with Gasteiger partial charge in [-0.15, -0.1) is 0 Å². The second-order valence-electron chi connectivity index (χ2n) is 7.09. The maximum absolute atomic E-state index is 11.0. The van der Waals surface area contributed by atoms with Crippen LogP contribution in [0, 0.1) is 11.8 Å². The smallest absolute Gasteiger partial charge is 0.317 e. The fourth-order valence-corrected chi connectivity index (χ4v) is 4.11. The second-order valence-corrected chi connectivity index (χ2v) is 7.09. The van der Waals surface area contributed by atoms with Crippen LogP contribution >= 0.6 is 0 Å². The summed E-state index contributed by atoms with van der Waals surface area (Å²) in [6, 6.07) is 0.483. The highest BCUT2D eigenvalue weighted by molar-refractivity contribution is 5.69. The van der Waals surface area contributed by atoms with E-state index in [2.05, 4.69) is 17.1 Å². The Bertz CT molecular complexity index is 316. The van der Waals surface area contributed by atoms with Gasteiger partial charge in [-0.25, -0.2) is 0 Å². The van der Waals surface area contributed by atoms with Gasteiger partial charge in [0.2, 0.25) is 0 Å². The minimum atomic E-state index is -0.696.